The highest BCUT2D eigenvalue weighted by Crippen LogP contribution is 2.45. The molecular formula is C18H15N2O+. The molecule has 1 atom stereocenters. The van der Waals surface area contributed by atoms with Gasteiger partial charge in [-0.1, -0.05) is 24.3 Å². The van der Waals surface area contributed by atoms with Crippen molar-refractivity contribution in [2.24, 2.45) is 7.05 Å². The third-order valence-corrected chi connectivity index (χ3v) is 4.27. The van der Waals surface area contributed by atoms with Crippen molar-refractivity contribution in [1.82, 2.24) is 9.05 Å². The van der Waals surface area contributed by atoms with Crippen LogP contribution in [-0.2, 0) is 11.8 Å². The van der Waals surface area contributed by atoms with Crippen LogP contribution in [0.5, 0.6) is 0 Å². The molecule has 1 aliphatic heterocycles. The van der Waals surface area contributed by atoms with Crippen molar-refractivity contribution in [2.75, 3.05) is 0 Å². The summed E-state index contributed by atoms with van der Waals surface area (Å²) in [6.07, 6.45) is 7.03. The zero-order valence-electron chi connectivity index (χ0n) is 11.7. The van der Waals surface area contributed by atoms with Crippen LogP contribution in [0.15, 0.2) is 60.9 Å². The normalized spacial score (nSPS) is 19.9. The molecule has 0 bridgehead atoms. The highest BCUT2D eigenvalue weighted by Gasteiger charge is 2.39. The van der Waals surface area contributed by atoms with Gasteiger partial charge in [0, 0.05) is 24.8 Å². The Labute approximate surface area is 122 Å². The lowest BCUT2D eigenvalue weighted by Crippen LogP contribution is -2.34. The minimum atomic E-state index is 0.123. The average molecular weight is 275 g/mol. The predicted octanol–water partition coefficient (Wildman–Crippen LogP) is 3.96. The Bertz CT molecular complexity index is 891. The first-order chi connectivity index (χ1) is 10.3. The zero-order valence-corrected chi connectivity index (χ0v) is 11.7. The second-order valence-corrected chi connectivity index (χ2v) is 5.40. The summed E-state index contributed by atoms with van der Waals surface area (Å²) in [6, 6.07) is 16.2. The van der Waals surface area contributed by atoms with Crippen LogP contribution >= 0.6 is 0 Å². The van der Waals surface area contributed by atoms with Crippen molar-refractivity contribution in [3.63, 3.8) is 0 Å². The van der Waals surface area contributed by atoms with E-state index in [9.17, 15) is 4.79 Å². The Balaban J connectivity index is 2.08. The molecule has 2 aromatic carbocycles. The van der Waals surface area contributed by atoms with Crippen molar-refractivity contribution in [1.29, 1.82) is 0 Å². The first-order valence-corrected chi connectivity index (χ1v) is 6.94. The number of aromatic nitrogens is 1. The van der Waals surface area contributed by atoms with E-state index in [1.54, 1.807) is 0 Å². The molecule has 1 aliphatic rings. The van der Waals surface area contributed by atoms with Gasteiger partial charge >= 0.3 is 6.41 Å². The van der Waals surface area contributed by atoms with Gasteiger partial charge in [0.15, 0.2) is 11.4 Å². The maximum Gasteiger partial charge on any atom is 0.316 e. The van der Waals surface area contributed by atoms with Gasteiger partial charge in [-0.2, -0.15) is 4.48 Å². The van der Waals surface area contributed by atoms with Crippen LogP contribution in [0.25, 0.3) is 17.0 Å². The van der Waals surface area contributed by atoms with Crippen LogP contribution in [0.4, 0.5) is 11.4 Å². The number of carbonyl (C=O) groups excluding carboxylic acids is 1. The van der Waals surface area contributed by atoms with Crippen LogP contribution in [-0.4, -0.2) is 11.0 Å². The monoisotopic (exact) mass is 275 g/mol. The summed E-state index contributed by atoms with van der Waals surface area (Å²) in [5.74, 6) is 0. The lowest BCUT2D eigenvalue weighted by molar-refractivity contribution is -0.113. The number of nitrogens with zero attached hydrogens (tertiary/aromatic N) is 2. The molecular weight excluding hydrogens is 260 g/mol. The molecule has 2 heterocycles. The Morgan fingerprint density at radius 1 is 1.00 bits per heavy atom. The van der Waals surface area contributed by atoms with Crippen molar-refractivity contribution in [3.8, 4) is 0 Å². The van der Waals surface area contributed by atoms with E-state index in [4.69, 9.17) is 0 Å². The molecule has 3 heteroatoms. The van der Waals surface area contributed by atoms with Gasteiger partial charge in [0.1, 0.15) is 6.20 Å². The molecule has 1 aromatic heterocycles. The van der Waals surface area contributed by atoms with Gasteiger partial charge in [-0.15, -0.1) is 0 Å². The average Bonchev–Trinajstić information content (AvgIpc) is 3.07. The standard InChI is InChI=1S/C18H15N2O/c1-19-12-18(15-7-3-4-8-16(15)19)20(13-21)11-10-14-6-2-5-9-17(14)20/h2-13H,1H3/q+1. The molecule has 102 valence electrons. The van der Waals surface area contributed by atoms with Gasteiger partial charge in [-0.3, -0.25) is 0 Å². The fourth-order valence-electron chi connectivity index (χ4n) is 3.22. The first kappa shape index (κ1) is 12.1. The Morgan fingerprint density at radius 3 is 2.62 bits per heavy atom. The summed E-state index contributed by atoms with van der Waals surface area (Å²) in [4.78, 5) is 12.1. The fourth-order valence-corrected chi connectivity index (χ4v) is 3.22. The highest BCUT2D eigenvalue weighted by molar-refractivity contribution is 6.02. The summed E-state index contributed by atoms with van der Waals surface area (Å²) in [5, 5.41) is 1.11. The van der Waals surface area contributed by atoms with E-state index in [1.165, 1.54) is 0 Å². The molecule has 1 unspecified atom stereocenters. The van der Waals surface area contributed by atoms with Crippen molar-refractivity contribution < 1.29 is 4.79 Å². The van der Waals surface area contributed by atoms with Gasteiger partial charge in [0.2, 0.25) is 0 Å². The van der Waals surface area contributed by atoms with Crippen LogP contribution < -0.4 is 4.48 Å². The smallest absolute Gasteiger partial charge is 0.316 e. The van der Waals surface area contributed by atoms with Crippen LogP contribution in [0.3, 0.4) is 0 Å². The van der Waals surface area contributed by atoms with Gasteiger partial charge in [-0.05, 0) is 18.2 Å². The largest absolute Gasteiger partial charge is 0.345 e. The summed E-state index contributed by atoms with van der Waals surface area (Å²) in [5.41, 5.74) is 4.22. The lowest BCUT2D eigenvalue weighted by atomic mass is 10.1. The van der Waals surface area contributed by atoms with Crippen molar-refractivity contribution in [2.45, 2.75) is 0 Å². The van der Waals surface area contributed by atoms with Gasteiger partial charge in [0.25, 0.3) is 0 Å². The maximum atomic E-state index is 12.1. The Kier molecular flexibility index (Phi) is 2.41. The van der Waals surface area contributed by atoms with Gasteiger partial charge in [-0.25, -0.2) is 4.79 Å². The number of hydrogen-bond acceptors (Lipinski definition) is 1. The van der Waals surface area contributed by atoms with E-state index in [2.05, 4.69) is 16.7 Å². The summed E-state index contributed by atoms with van der Waals surface area (Å²) in [6.45, 7) is 0. The molecule has 0 aliphatic carbocycles. The van der Waals surface area contributed by atoms with E-state index in [0.29, 0.717) is 0 Å². The molecule has 0 spiro atoms. The zero-order chi connectivity index (χ0) is 14.4. The number of aryl methyl sites for hydroxylation is 1. The Hall–Kier alpha value is -2.65. The number of rotatable bonds is 2. The highest BCUT2D eigenvalue weighted by atomic mass is 16.1. The molecule has 0 saturated heterocycles. The van der Waals surface area contributed by atoms with Gasteiger partial charge < -0.3 is 4.57 Å². The number of benzene rings is 2. The minimum absolute atomic E-state index is 0.123. The quantitative estimate of drug-likeness (QED) is 0.512. The number of quaternary nitrogens is 1. The number of carbonyl (C=O) groups is 1. The van der Waals surface area contributed by atoms with E-state index in [0.717, 1.165) is 34.3 Å². The molecule has 4 rings (SSSR count). The third-order valence-electron chi connectivity index (χ3n) is 4.27. The lowest BCUT2D eigenvalue weighted by Gasteiger charge is -2.23. The molecule has 3 nitrogen and oxygen atoms in total. The predicted molar refractivity (Wildman–Crippen MR) is 85.9 cm³/mol. The molecule has 3 aromatic rings. The number of hydrogen-bond donors (Lipinski definition) is 0. The summed E-state index contributed by atoms with van der Waals surface area (Å²) < 4.78 is 2.19. The van der Waals surface area contributed by atoms with E-state index >= 15 is 0 Å². The fraction of sp³-hybridized carbons (Fsp3) is 0.0556. The first-order valence-electron chi connectivity index (χ1n) is 6.94. The topological polar surface area (TPSA) is 22.0 Å². The number of fused-ring (bicyclic) bond motifs is 2. The van der Waals surface area contributed by atoms with Crippen LogP contribution in [0.2, 0.25) is 0 Å². The van der Waals surface area contributed by atoms with Crippen LogP contribution in [0.1, 0.15) is 5.56 Å². The van der Waals surface area contributed by atoms with Gasteiger partial charge in [0.05, 0.1) is 17.1 Å². The third kappa shape index (κ3) is 1.49. The van der Waals surface area contributed by atoms with E-state index in [1.807, 2.05) is 61.9 Å². The number of para-hydroxylation sites is 2. The second kappa shape index (κ2) is 4.17. The second-order valence-electron chi connectivity index (χ2n) is 5.40. The van der Waals surface area contributed by atoms with E-state index < -0.39 is 0 Å². The van der Waals surface area contributed by atoms with Crippen molar-refractivity contribution >= 4 is 34.8 Å². The minimum Gasteiger partial charge on any atom is -0.345 e. The summed E-state index contributed by atoms with van der Waals surface area (Å²) in [7, 11) is 2.01. The SMILES string of the molecule is Cn1cc([N+]2(C=O)C=Cc3ccccc32)c2ccccc21. The molecule has 0 fully saturated rings. The molecule has 0 radical (unpaired) electrons. The molecule has 1 amide bonds. The maximum absolute atomic E-state index is 12.1. The van der Waals surface area contributed by atoms with E-state index in [-0.39, 0.29) is 4.48 Å². The molecule has 21 heavy (non-hydrogen) atoms. The van der Waals surface area contributed by atoms with Crippen molar-refractivity contribution in [3.05, 3.63) is 66.5 Å². The number of amides is 1. The van der Waals surface area contributed by atoms with Crippen LogP contribution in [0, 0.1) is 0 Å². The molecule has 0 N–H and O–H groups in total. The Morgan fingerprint density at radius 2 is 1.76 bits per heavy atom. The molecule has 0 saturated carbocycles. The summed E-state index contributed by atoms with van der Waals surface area (Å²) >= 11 is 0.